The Hall–Kier alpha value is 0.400. The molecule has 0 fully saturated rings. The van der Waals surface area contributed by atoms with E-state index in [1.807, 2.05) is 6.08 Å². The Labute approximate surface area is 132 Å². The minimum Gasteiger partial charge on any atom is -0.232 e. The van der Waals surface area contributed by atoms with Crippen LogP contribution in [0.2, 0.25) is 0 Å². The standard InChI is InChI=1S/C17H39NS2/c1-8-9-10-11-12-13-14-15-16-17-18(19(2,3)4)20(5,6)7/h8H,1,9-17H2,2-7H3. The molecular formula is C17H39NS2. The van der Waals surface area contributed by atoms with Crippen molar-refractivity contribution >= 4 is 20.4 Å². The number of nitrogens with zero attached hydrogens (tertiary/aromatic N) is 1. The molecule has 0 heterocycles. The highest BCUT2D eigenvalue weighted by atomic mass is 32.3. The fraction of sp³-hybridized carbons (Fsp3) is 0.882. The highest BCUT2D eigenvalue weighted by molar-refractivity contribution is 8.43. The van der Waals surface area contributed by atoms with Gasteiger partial charge in [0.1, 0.15) is 0 Å². The van der Waals surface area contributed by atoms with Crippen LogP contribution < -0.4 is 0 Å². The third-order valence-electron chi connectivity index (χ3n) is 3.47. The maximum Gasteiger partial charge on any atom is 0.0168 e. The van der Waals surface area contributed by atoms with Gasteiger partial charge >= 0.3 is 0 Å². The Morgan fingerprint density at radius 1 is 0.700 bits per heavy atom. The number of hydrogen-bond acceptors (Lipinski definition) is 1. The average molecular weight is 322 g/mol. The lowest BCUT2D eigenvalue weighted by Crippen LogP contribution is -2.29. The second-order valence-electron chi connectivity index (χ2n) is 7.15. The quantitative estimate of drug-likeness (QED) is 0.324. The van der Waals surface area contributed by atoms with Crippen molar-refractivity contribution in [2.75, 3.05) is 44.1 Å². The van der Waals surface area contributed by atoms with Crippen LogP contribution in [0, 0.1) is 0 Å². The summed E-state index contributed by atoms with van der Waals surface area (Å²) in [5.74, 6) is 0. The van der Waals surface area contributed by atoms with Crippen LogP contribution in [0.5, 0.6) is 0 Å². The molecule has 0 aliphatic heterocycles. The van der Waals surface area contributed by atoms with Crippen molar-refractivity contribution in [1.82, 2.24) is 3.71 Å². The maximum atomic E-state index is 3.77. The molecule has 0 aromatic rings. The van der Waals surface area contributed by atoms with E-state index < -0.39 is 20.4 Å². The minimum atomic E-state index is -0.569. The topological polar surface area (TPSA) is 3.24 Å². The molecule has 0 atom stereocenters. The number of allylic oxidation sites excluding steroid dienone is 1. The summed E-state index contributed by atoms with van der Waals surface area (Å²) in [5, 5.41) is 0. The summed E-state index contributed by atoms with van der Waals surface area (Å²) in [5.41, 5.74) is 0. The molecule has 0 saturated heterocycles. The van der Waals surface area contributed by atoms with E-state index in [2.05, 4.69) is 47.8 Å². The van der Waals surface area contributed by atoms with E-state index in [0.29, 0.717) is 0 Å². The molecule has 0 amide bonds. The van der Waals surface area contributed by atoms with Crippen molar-refractivity contribution in [2.45, 2.75) is 51.4 Å². The molecule has 0 spiro atoms. The Kier molecular flexibility index (Phi) is 10.4. The Morgan fingerprint density at radius 2 is 1.10 bits per heavy atom. The molecule has 0 radical (unpaired) electrons. The highest BCUT2D eigenvalue weighted by Gasteiger charge is 2.24. The number of hydrogen-bond donors (Lipinski definition) is 0. The van der Waals surface area contributed by atoms with E-state index in [1.165, 1.54) is 57.9 Å². The van der Waals surface area contributed by atoms with Gasteiger partial charge in [0.25, 0.3) is 0 Å². The second-order valence-corrected chi connectivity index (χ2v) is 15.4. The summed E-state index contributed by atoms with van der Waals surface area (Å²) in [4.78, 5) is 0. The molecule has 124 valence electrons. The summed E-state index contributed by atoms with van der Waals surface area (Å²) < 4.78 is 2.81. The Morgan fingerprint density at radius 3 is 1.50 bits per heavy atom. The molecule has 20 heavy (non-hydrogen) atoms. The highest BCUT2D eigenvalue weighted by Crippen LogP contribution is 2.56. The minimum absolute atomic E-state index is 0.569. The fourth-order valence-corrected chi connectivity index (χ4v) is 9.35. The van der Waals surface area contributed by atoms with Gasteiger partial charge < -0.3 is 0 Å². The molecule has 0 saturated carbocycles. The van der Waals surface area contributed by atoms with Gasteiger partial charge in [-0.1, -0.05) is 38.2 Å². The van der Waals surface area contributed by atoms with Gasteiger partial charge in [-0.25, -0.2) is 3.71 Å². The first-order valence-corrected chi connectivity index (χ1v) is 13.6. The Bertz CT molecular complexity index is 237. The van der Waals surface area contributed by atoms with Crippen LogP contribution in [-0.2, 0) is 0 Å². The molecule has 0 aliphatic rings. The number of unbranched alkanes of at least 4 members (excludes halogenated alkanes) is 7. The van der Waals surface area contributed by atoms with E-state index >= 15 is 0 Å². The van der Waals surface area contributed by atoms with Gasteiger partial charge in [-0.05, 0) is 56.8 Å². The van der Waals surface area contributed by atoms with E-state index in [0.717, 1.165) is 0 Å². The lowest BCUT2D eigenvalue weighted by Gasteiger charge is -2.51. The summed E-state index contributed by atoms with van der Waals surface area (Å²) in [6.07, 6.45) is 27.6. The van der Waals surface area contributed by atoms with E-state index in [-0.39, 0.29) is 0 Å². The average Bonchev–Trinajstić information content (AvgIpc) is 2.28. The molecular weight excluding hydrogens is 282 g/mol. The smallest absolute Gasteiger partial charge is 0.0168 e. The normalized spacial score (nSPS) is 14.6. The van der Waals surface area contributed by atoms with E-state index in [1.54, 1.807) is 0 Å². The van der Waals surface area contributed by atoms with Gasteiger partial charge in [-0.15, -0.1) is 6.58 Å². The monoisotopic (exact) mass is 321 g/mol. The van der Waals surface area contributed by atoms with Crippen LogP contribution in [0.25, 0.3) is 0 Å². The second kappa shape index (κ2) is 10.2. The molecule has 0 unspecified atom stereocenters. The van der Waals surface area contributed by atoms with Gasteiger partial charge in [0.05, 0.1) is 0 Å². The number of rotatable bonds is 12. The molecule has 0 aliphatic carbocycles. The zero-order valence-electron chi connectivity index (χ0n) is 14.9. The van der Waals surface area contributed by atoms with Crippen LogP contribution in [0.3, 0.4) is 0 Å². The van der Waals surface area contributed by atoms with E-state index in [9.17, 15) is 0 Å². The van der Waals surface area contributed by atoms with E-state index in [4.69, 9.17) is 0 Å². The Balaban J connectivity index is 3.73. The van der Waals surface area contributed by atoms with Gasteiger partial charge in [0, 0.05) is 6.54 Å². The van der Waals surface area contributed by atoms with Crippen LogP contribution >= 0.6 is 20.4 Å². The van der Waals surface area contributed by atoms with Crippen LogP contribution in [-0.4, -0.2) is 47.8 Å². The van der Waals surface area contributed by atoms with Gasteiger partial charge in [-0.3, -0.25) is 0 Å². The zero-order valence-corrected chi connectivity index (χ0v) is 16.5. The van der Waals surface area contributed by atoms with Crippen molar-refractivity contribution in [3.63, 3.8) is 0 Å². The van der Waals surface area contributed by atoms with Crippen LogP contribution in [0.1, 0.15) is 51.4 Å². The largest absolute Gasteiger partial charge is 0.232 e. The van der Waals surface area contributed by atoms with Crippen molar-refractivity contribution < 1.29 is 0 Å². The van der Waals surface area contributed by atoms with Crippen LogP contribution in [0.4, 0.5) is 0 Å². The third-order valence-corrected chi connectivity index (χ3v) is 8.96. The van der Waals surface area contributed by atoms with Gasteiger partial charge in [0.2, 0.25) is 0 Å². The SMILES string of the molecule is C=CCCCCCCCCCN(S(C)(C)C)S(C)(C)C. The van der Waals surface area contributed by atoms with Gasteiger partial charge in [-0.2, -0.15) is 20.4 Å². The zero-order chi connectivity index (χ0) is 15.6. The first-order valence-electron chi connectivity index (χ1n) is 7.95. The molecule has 0 rings (SSSR count). The molecule has 0 aromatic carbocycles. The lowest BCUT2D eigenvalue weighted by atomic mass is 10.1. The molecule has 0 N–H and O–H groups in total. The lowest BCUT2D eigenvalue weighted by molar-refractivity contribution is 0.555. The maximum absolute atomic E-state index is 3.77. The van der Waals surface area contributed by atoms with Crippen molar-refractivity contribution in [3.05, 3.63) is 12.7 Å². The molecule has 0 aromatic heterocycles. The fourth-order valence-electron chi connectivity index (χ4n) is 2.63. The molecule has 1 nitrogen and oxygen atoms in total. The first kappa shape index (κ1) is 20.4. The third kappa shape index (κ3) is 10.2. The van der Waals surface area contributed by atoms with Crippen molar-refractivity contribution in [3.8, 4) is 0 Å². The summed E-state index contributed by atoms with van der Waals surface area (Å²) >= 11 is 0. The molecule has 0 bridgehead atoms. The predicted molar refractivity (Wildman–Crippen MR) is 105 cm³/mol. The van der Waals surface area contributed by atoms with Gasteiger partial charge in [0.15, 0.2) is 0 Å². The molecule has 3 heteroatoms. The first-order chi connectivity index (χ1) is 9.19. The van der Waals surface area contributed by atoms with Crippen molar-refractivity contribution in [1.29, 1.82) is 0 Å². The van der Waals surface area contributed by atoms with Crippen molar-refractivity contribution in [2.24, 2.45) is 0 Å². The predicted octanol–water partition coefficient (Wildman–Crippen LogP) is 5.81. The summed E-state index contributed by atoms with van der Waals surface area (Å²) in [7, 11) is -1.14. The summed E-state index contributed by atoms with van der Waals surface area (Å²) in [6.45, 7) is 5.07. The van der Waals surface area contributed by atoms with Crippen LogP contribution in [0.15, 0.2) is 12.7 Å². The summed E-state index contributed by atoms with van der Waals surface area (Å²) in [6, 6.07) is 0.